The summed E-state index contributed by atoms with van der Waals surface area (Å²) >= 11 is 0. The van der Waals surface area contributed by atoms with Gasteiger partial charge in [0.05, 0.1) is 17.7 Å². The Hall–Kier alpha value is -2.69. The summed E-state index contributed by atoms with van der Waals surface area (Å²) in [4.78, 5) is 12.3. The van der Waals surface area contributed by atoms with Crippen LogP contribution >= 0.6 is 0 Å². The van der Waals surface area contributed by atoms with Crippen molar-refractivity contribution < 1.29 is 24.9 Å². The molecule has 0 spiro atoms. The molecule has 5 heteroatoms. The topological polar surface area (TPSA) is 87.0 Å². The molecule has 0 heterocycles. The maximum absolute atomic E-state index is 12.3. The standard InChI is InChI=1S/C17H18O5/c1-2-3-8-22-12-5-7-14(16(20)10-12)17(21)13-6-4-11(18)9-15(13)19/h4-7,9-10,18-20H,2-3,8H2,1H3. The predicted octanol–water partition coefficient (Wildman–Crippen LogP) is 3.21. The van der Waals surface area contributed by atoms with E-state index in [0.29, 0.717) is 12.4 Å². The van der Waals surface area contributed by atoms with Crippen LogP contribution in [0.15, 0.2) is 36.4 Å². The molecular weight excluding hydrogens is 284 g/mol. The third-order valence-corrected chi connectivity index (χ3v) is 3.21. The van der Waals surface area contributed by atoms with Crippen molar-refractivity contribution >= 4 is 5.78 Å². The number of phenolic OH excluding ortho intramolecular Hbond substituents is 3. The van der Waals surface area contributed by atoms with Crippen LogP contribution < -0.4 is 4.74 Å². The lowest BCUT2D eigenvalue weighted by atomic mass is 10.0. The fourth-order valence-electron chi connectivity index (χ4n) is 1.98. The van der Waals surface area contributed by atoms with Gasteiger partial charge in [0.15, 0.2) is 5.78 Å². The Morgan fingerprint density at radius 1 is 1.00 bits per heavy atom. The first-order chi connectivity index (χ1) is 10.5. The molecule has 0 aliphatic carbocycles. The third-order valence-electron chi connectivity index (χ3n) is 3.21. The fraction of sp³-hybridized carbons (Fsp3) is 0.235. The van der Waals surface area contributed by atoms with Crippen molar-refractivity contribution in [2.45, 2.75) is 19.8 Å². The van der Waals surface area contributed by atoms with Crippen LogP contribution in [0.2, 0.25) is 0 Å². The van der Waals surface area contributed by atoms with E-state index in [2.05, 4.69) is 0 Å². The first kappa shape index (κ1) is 15.7. The predicted molar refractivity (Wildman–Crippen MR) is 81.7 cm³/mol. The van der Waals surface area contributed by atoms with E-state index in [1.54, 1.807) is 6.07 Å². The van der Waals surface area contributed by atoms with Gasteiger partial charge in [0, 0.05) is 12.1 Å². The monoisotopic (exact) mass is 302 g/mol. The molecule has 2 rings (SSSR count). The minimum atomic E-state index is -0.532. The molecule has 0 atom stereocenters. The van der Waals surface area contributed by atoms with E-state index in [9.17, 15) is 20.1 Å². The third kappa shape index (κ3) is 3.49. The molecule has 0 saturated heterocycles. The van der Waals surface area contributed by atoms with E-state index in [-0.39, 0.29) is 28.4 Å². The average molecular weight is 302 g/mol. The molecular formula is C17H18O5. The average Bonchev–Trinajstić information content (AvgIpc) is 2.47. The number of hydrogen-bond acceptors (Lipinski definition) is 5. The highest BCUT2D eigenvalue weighted by Gasteiger charge is 2.18. The number of ketones is 1. The molecule has 2 aromatic carbocycles. The van der Waals surface area contributed by atoms with Crippen molar-refractivity contribution in [3.63, 3.8) is 0 Å². The zero-order chi connectivity index (χ0) is 16.1. The van der Waals surface area contributed by atoms with Crippen LogP contribution in [0.1, 0.15) is 35.7 Å². The number of phenols is 3. The summed E-state index contributed by atoms with van der Waals surface area (Å²) in [5.41, 5.74) is 0.0663. The van der Waals surface area contributed by atoms with Gasteiger partial charge in [0.2, 0.25) is 0 Å². The number of aromatic hydroxyl groups is 3. The number of unbranched alkanes of at least 4 members (excludes halogenated alkanes) is 1. The molecule has 0 aliphatic rings. The summed E-state index contributed by atoms with van der Waals surface area (Å²) in [6.45, 7) is 2.59. The molecule has 0 bridgehead atoms. The van der Waals surface area contributed by atoms with Gasteiger partial charge in [-0.2, -0.15) is 0 Å². The first-order valence-corrected chi connectivity index (χ1v) is 7.05. The van der Waals surface area contributed by atoms with E-state index in [1.165, 1.54) is 24.3 Å². The van der Waals surface area contributed by atoms with Gasteiger partial charge in [-0.25, -0.2) is 0 Å². The SMILES string of the molecule is CCCCOc1ccc(C(=O)c2ccc(O)cc2O)c(O)c1. The maximum Gasteiger partial charge on any atom is 0.200 e. The Kier molecular flexibility index (Phi) is 4.88. The van der Waals surface area contributed by atoms with E-state index in [4.69, 9.17) is 4.74 Å². The highest BCUT2D eigenvalue weighted by molar-refractivity contribution is 6.12. The van der Waals surface area contributed by atoms with E-state index in [0.717, 1.165) is 18.9 Å². The highest BCUT2D eigenvalue weighted by atomic mass is 16.5. The molecule has 116 valence electrons. The number of carbonyl (C=O) groups is 1. The van der Waals surface area contributed by atoms with Crippen molar-refractivity contribution in [1.82, 2.24) is 0 Å². The lowest BCUT2D eigenvalue weighted by Gasteiger charge is -2.09. The van der Waals surface area contributed by atoms with Gasteiger partial charge < -0.3 is 20.1 Å². The van der Waals surface area contributed by atoms with Crippen molar-refractivity contribution in [1.29, 1.82) is 0 Å². The van der Waals surface area contributed by atoms with E-state index in [1.807, 2.05) is 6.92 Å². The fourth-order valence-corrected chi connectivity index (χ4v) is 1.98. The Balaban J connectivity index is 2.23. The largest absolute Gasteiger partial charge is 0.508 e. The van der Waals surface area contributed by atoms with Crippen LogP contribution in [0.4, 0.5) is 0 Å². The molecule has 0 fully saturated rings. The Morgan fingerprint density at radius 2 is 1.64 bits per heavy atom. The number of rotatable bonds is 6. The Morgan fingerprint density at radius 3 is 2.23 bits per heavy atom. The quantitative estimate of drug-likeness (QED) is 0.563. The van der Waals surface area contributed by atoms with Crippen molar-refractivity contribution in [2.75, 3.05) is 6.61 Å². The number of hydrogen-bond donors (Lipinski definition) is 3. The van der Waals surface area contributed by atoms with Gasteiger partial charge in [0.1, 0.15) is 23.0 Å². The minimum Gasteiger partial charge on any atom is -0.508 e. The molecule has 0 saturated carbocycles. The summed E-state index contributed by atoms with van der Waals surface area (Å²) in [5.74, 6) is -0.746. The highest BCUT2D eigenvalue weighted by Crippen LogP contribution is 2.30. The normalized spacial score (nSPS) is 10.4. The molecule has 0 aromatic heterocycles. The van der Waals surface area contributed by atoms with Gasteiger partial charge in [0.25, 0.3) is 0 Å². The van der Waals surface area contributed by atoms with Crippen LogP contribution in [0.25, 0.3) is 0 Å². The molecule has 0 aliphatic heterocycles. The smallest absolute Gasteiger partial charge is 0.200 e. The number of ether oxygens (including phenoxy) is 1. The van der Waals surface area contributed by atoms with Crippen LogP contribution in [-0.2, 0) is 0 Å². The summed E-state index contributed by atoms with van der Waals surface area (Å²) in [6, 6.07) is 8.10. The molecule has 2 aromatic rings. The Labute approximate surface area is 128 Å². The molecule has 0 amide bonds. The van der Waals surface area contributed by atoms with E-state index < -0.39 is 5.78 Å². The van der Waals surface area contributed by atoms with Gasteiger partial charge >= 0.3 is 0 Å². The summed E-state index contributed by atoms with van der Waals surface area (Å²) in [6.07, 6.45) is 1.91. The summed E-state index contributed by atoms with van der Waals surface area (Å²) in [5, 5.41) is 29.0. The van der Waals surface area contributed by atoms with Crippen LogP contribution in [-0.4, -0.2) is 27.7 Å². The number of carbonyl (C=O) groups excluding carboxylic acids is 1. The van der Waals surface area contributed by atoms with Crippen LogP contribution in [0.3, 0.4) is 0 Å². The van der Waals surface area contributed by atoms with Gasteiger partial charge in [-0.05, 0) is 30.7 Å². The zero-order valence-electron chi connectivity index (χ0n) is 12.2. The molecule has 0 unspecified atom stereocenters. The zero-order valence-corrected chi connectivity index (χ0v) is 12.2. The molecule has 3 N–H and O–H groups in total. The summed E-state index contributed by atoms with van der Waals surface area (Å²) < 4.78 is 5.45. The van der Waals surface area contributed by atoms with Crippen LogP contribution in [0.5, 0.6) is 23.0 Å². The van der Waals surface area contributed by atoms with E-state index >= 15 is 0 Å². The van der Waals surface area contributed by atoms with Gasteiger partial charge in [-0.1, -0.05) is 13.3 Å². The lowest BCUT2D eigenvalue weighted by molar-refractivity contribution is 0.103. The van der Waals surface area contributed by atoms with Crippen molar-refractivity contribution in [3.05, 3.63) is 47.5 Å². The maximum atomic E-state index is 12.3. The minimum absolute atomic E-state index is 0.00718. The first-order valence-electron chi connectivity index (χ1n) is 7.05. The van der Waals surface area contributed by atoms with Crippen molar-refractivity contribution in [3.8, 4) is 23.0 Å². The van der Waals surface area contributed by atoms with Crippen LogP contribution in [0, 0.1) is 0 Å². The second kappa shape index (κ2) is 6.85. The van der Waals surface area contributed by atoms with Gasteiger partial charge in [-0.15, -0.1) is 0 Å². The molecule has 22 heavy (non-hydrogen) atoms. The molecule has 5 nitrogen and oxygen atoms in total. The van der Waals surface area contributed by atoms with Gasteiger partial charge in [-0.3, -0.25) is 4.79 Å². The van der Waals surface area contributed by atoms with Crippen molar-refractivity contribution in [2.24, 2.45) is 0 Å². The molecule has 0 radical (unpaired) electrons. The number of benzene rings is 2. The Bertz CT molecular complexity index is 679. The second-order valence-corrected chi connectivity index (χ2v) is 4.91. The summed E-state index contributed by atoms with van der Waals surface area (Å²) in [7, 11) is 0. The second-order valence-electron chi connectivity index (χ2n) is 4.91. The lowest BCUT2D eigenvalue weighted by Crippen LogP contribution is -2.03.